The Balaban J connectivity index is 2.85. The van der Waals surface area contributed by atoms with Crippen LogP contribution in [0, 0.1) is 0 Å². The summed E-state index contributed by atoms with van der Waals surface area (Å²) in [5.74, 6) is 0. The molecule has 0 bridgehead atoms. The summed E-state index contributed by atoms with van der Waals surface area (Å²) in [6.45, 7) is 1.98. The van der Waals surface area contributed by atoms with Crippen molar-refractivity contribution in [2.75, 3.05) is 0 Å². The van der Waals surface area contributed by atoms with Crippen LogP contribution in [0.3, 0.4) is 0 Å². The van der Waals surface area contributed by atoms with E-state index in [0.717, 1.165) is 5.69 Å². The molecule has 1 heterocycles. The quantitative estimate of drug-likeness (QED) is 0.551. The van der Waals surface area contributed by atoms with Gasteiger partial charge in [-0.2, -0.15) is 0 Å². The van der Waals surface area contributed by atoms with Crippen molar-refractivity contribution in [3.05, 3.63) is 36.2 Å². The number of rotatable bonds is 1. The Morgan fingerprint density at radius 2 is 2.33 bits per heavy atom. The summed E-state index contributed by atoms with van der Waals surface area (Å²) >= 11 is 0. The molecule has 0 saturated carbocycles. The first-order valence-electron chi connectivity index (χ1n) is 2.97. The lowest BCUT2D eigenvalue weighted by Gasteiger charge is -1.86. The van der Waals surface area contributed by atoms with E-state index in [1.54, 1.807) is 6.20 Å². The van der Waals surface area contributed by atoms with Gasteiger partial charge < -0.3 is 0 Å². The molecule has 1 rings (SSSR count). The largest absolute Gasteiger partial charge is 0.257 e. The van der Waals surface area contributed by atoms with E-state index in [-0.39, 0.29) is 0 Å². The van der Waals surface area contributed by atoms with Crippen LogP contribution in [0.15, 0.2) is 30.5 Å². The topological polar surface area (TPSA) is 12.9 Å². The molecular weight excluding hydrogens is 110 g/mol. The highest BCUT2D eigenvalue weighted by Gasteiger charge is 1.79. The summed E-state index contributed by atoms with van der Waals surface area (Å²) in [4.78, 5) is 4.08. The van der Waals surface area contributed by atoms with Gasteiger partial charge in [0.1, 0.15) is 0 Å². The molecule has 0 aliphatic heterocycles. The highest BCUT2D eigenvalue weighted by molar-refractivity contribution is 5.42. The molecule has 0 amide bonds. The van der Waals surface area contributed by atoms with E-state index in [1.165, 1.54) is 0 Å². The van der Waals surface area contributed by atoms with Crippen molar-refractivity contribution in [1.82, 2.24) is 4.98 Å². The minimum absolute atomic E-state index is 1.01. The van der Waals surface area contributed by atoms with Crippen LogP contribution in [0.2, 0.25) is 0 Å². The van der Waals surface area contributed by atoms with Gasteiger partial charge in [-0.15, -0.1) is 0 Å². The smallest absolute Gasteiger partial charge is 0.0626 e. The van der Waals surface area contributed by atoms with Gasteiger partial charge in [-0.25, -0.2) is 0 Å². The van der Waals surface area contributed by atoms with Gasteiger partial charge in [0.15, 0.2) is 0 Å². The van der Waals surface area contributed by atoms with E-state index < -0.39 is 0 Å². The fourth-order valence-electron chi connectivity index (χ4n) is 0.645. The fourth-order valence-corrected chi connectivity index (χ4v) is 0.645. The Labute approximate surface area is 55.1 Å². The molecule has 0 fully saturated rings. The number of nitrogens with zero attached hydrogens (tertiary/aromatic N) is 1. The standard InChI is InChI=1S/C8H9N/c1-2-5-8-6-3-4-7-9-8/h2-7H,1H3. The van der Waals surface area contributed by atoms with Crippen molar-refractivity contribution in [1.29, 1.82) is 0 Å². The molecule has 0 N–H and O–H groups in total. The second kappa shape index (κ2) is 3.02. The second-order valence-corrected chi connectivity index (χ2v) is 1.75. The van der Waals surface area contributed by atoms with Crippen LogP contribution in [0.5, 0.6) is 0 Å². The van der Waals surface area contributed by atoms with Gasteiger partial charge in [0.05, 0.1) is 5.69 Å². The molecule has 9 heavy (non-hydrogen) atoms. The summed E-state index contributed by atoms with van der Waals surface area (Å²) in [6.07, 6.45) is 5.73. The van der Waals surface area contributed by atoms with E-state index >= 15 is 0 Å². The second-order valence-electron chi connectivity index (χ2n) is 1.75. The normalized spacial score (nSPS) is 10.3. The van der Waals surface area contributed by atoms with Gasteiger partial charge in [-0.05, 0) is 25.1 Å². The minimum Gasteiger partial charge on any atom is -0.257 e. The van der Waals surface area contributed by atoms with Gasteiger partial charge >= 0.3 is 0 Å². The zero-order valence-electron chi connectivity index (χ0n) is 5.41. The molecule has 0 aromatic carbocycles. The van der Waals surface area contributed by atoms with Gasteiger partial charge in [0.2, 0.25) is 0 Å². The van der Waals surface area contributed by atoms with Crippen LogP contribution in [0.25, 0.3) is 6.08 Å². The number of hydrogen-bond acceptors (Lipinski definition) is 1. The number of allylic oxidation sites excluding steroid dienone is 1. The molecule has 1 aromatic rings. The van der Waals surface area contributed by atoms with Crippen LogP contribution in [0.4, 0.5) is 0 Å². The highest BCUT2D eigenvalue weighted by Crippen LogP contribution is 1.94. The Hall–Kier alpha value is -1.11. The van der Waals surface area contributed by atoms with E-state index in [2.05, 4.69) is 4.98 Å². The maximum atomic E-state index is 4.08. The SMILES string of the molecule is CC=Cc1ccccn1. The number of aromatic nitrogens is 1. The lowest BCUT2D eigenvalue weighted by atomic mass is 10.3. The van der Waals surface area contributed by atoms with Gasteiger partial charge in [-0.3, -0.25) is 4.98 Å². The molecule has 0 aliphatic rings. The lowest BCUT2D eigenvalue weighted by molar-refractivity contribution is 1.29. The van der Waals surface area contributed by atoms with Gasteiger partial charge in [-0.1, -0.05) is 12.1 Å². The molecule has 0 atom stereocenters. The zero-order valence-corrected chi connectivity index (χ0v) is 5.41. The predicted octanol–water partition coefficient (Wildman–Crippen LogP) is 2.11. The first-order valence-corrected chi connectivity index (χ1v) is 2.97. The van der Waals surface area contributed by atoms with Crippen molar-refractivity contribution in [3.63, 3.8) is 0 Å². The van der Waals surface area contributed by atoms with E-state index in [4.69, 9.17) is 0 Å². The van der Waals surface area contributed by atoms with Crippen LogP contribution in [0.1, 0.15) is 12.6 Å². The highest BCUT2D eigenvalue weighted by atomic mass is 14.6. The summed E-state index contributed by atoms with van der Waals surface area (Å²) in [7, 11) is 0. The Bertz CT molecular complexity index is 189. The van der Waals surface area contributed by atoms with Gasteiger partial charge in [0.25, 0.3) is 0 Å². The molecule has 0 spiro atoms. The first kappa shape index (κ1) is 6.02. The molecule has 1 nitrogen and oxygen atoms in total. The van der Waals surface area contributed by atoms with Crippen LogP contribution in [-0.4, -0.2) is 4.98 Å². The molecule has 46 valence electrons. The maximum absolute atomic E-state index is 4.08. The summed E-state index contributed by atoms with van der Waals surface area (Å²) in [6, 6.07) is 5.86. The van der Waals surface area contributed by atoms with Gasteiger partial charge in [0, 0.05) is 6.20 Å². The summed E-state index contributed by atoms with van der Waals surface area (Å²) in [5.41, 5.74) is 1.01. The van der Waals surface area contributed by atoms with Crippen molar-refractivity contribution >= 4 is 6.08 Å². The van der Waals surface area contributed by atoms with Crippen molar-refractivity contribution in [2.24, 2.45) is 0 Å². The molecule has 1 aromatic heterocycles. The molecule has 1 heteroatoms. The zero-order chi connectivity index (χ0) is 6.53. The summed E-state index contributed by atoms with van der Waals surface area (Å²) < 4.78 is 0. The van der Waals surface area contributed by atoms with Crippen molar-refractivity contribution in [3.8, 4) is 0 Å². The lowest BCUT2D eigenvalue weighted by Crippen LogP contribution is -1.74. The third kappa shape index (κ3) is 1.68. The molecule has 0 radical (unpaired) electrons. The molecular formula is C8H9N. The molecule has 0 unspecified atom stereocenters. The first-order chi connectivity index (χ1) is 4.43. The van der Waals surface area contributed by atoms with E-state index in [1.807, 2.05) is 37.3 Å². The average molecular weight is 119 g/mol. The summed E-state index contributed by atoms with van der Waals surface area (Å²) in [5, 5.41) is 0. The fraction of sp³-hybridized carbons (Fsp3) is 0.125. The Kier molecular flexibility index (Phi) is 2.02. The molecule has 0 aliphatic carbocycles. The van der Waals surface area contributed by atoms with Crippen LogP contribution >= 0.6 is 0 Å². The number of pyridine rings is 1. The molecule has 0 saturated heterocycles. The van der Waals surface area contributed by atoms with Crippen LogP contribution in [-0.2, 0) is 0 Å². The Morgan fingerprint density at radius 1 is 1.44 bits per heavy atom. The third-order valence-corrected chi connectivity index (χ3v) is 1.03. The maximum Gasteiger partial charge on any atom is 0.0626 e. The van der Waals surface area contributed by atoms with E-state index in [9.17, 15) is 0 Å². The van der Waals surface area contributed by atoms with Crippen molar-refractivity contribution < 1.29 is 0 Å². The predicted molar refractivity (Wildman–Crippen MR) is 38.9 cm³/mol. The van der Waals surface area contributed by atoms with Crippen LogP contribution < -0.4 is 0 Å². The Morgan fingerprint density at radius 3 is 2.89 bits per heavy atom. The van der Waals surface area contributed by atoms with Crippen molar-refractivity contribution in [2.45, 2.75) is 6.92 Å². The number of hydrogen-bond donors (Lipinski definition) is 0. The van der Waals surface area contributed by atoms with E-state index in [0.29, 0.717) is 0 Å². The third-order valence-electron chi connectivity index (χ3n) is 1.03. The monoisotopic (exact) mass is 119 g/mol. The average Bonchev–Trinajstić information content (AvgIpc) is 1.91. The minimum atomic E-state index is 1.01.